The lowest BCUT2D eigenvalue weighted by Gasteiger charge is -2.10. The number of anilines is 2. The maximum atomic E-state index is 14.7. The van der Waals surface area contributed by atoms with Gasteiger partial charge in [-0.05, 0) is 43.5 Å². The van der Waals surface area contributed by atoms with Crippen molar-refractivity contribution in [1.82, 2.24) is 24.7 Å². The molecule has 0 saturated heterocycles. The fourth-order valence-corrected chi connectivity index (χ4v) is 3.79. The van der Waals surface area contributed by atoms with E-state index in [4.69, 9.17) is 11.5 Å². The summed E-state index contributed by atoms with van der Waals surface area (Å²) >= 11 is 0. The minimum absolute atomic E-state index is 0.0244. The van der Waals surface area contributed by atoms with E-state index in [2.05, 4.69) is 19.8 Å². The minimum Gasteiger partial charge on any atom is -0.397 e. The number of unbranched alkanes of at least 4 members (excludes halogenated alkanes) is 2. The molecular weight excluding hydrogens is 598 g/mol. The number of ether oxygens (including phenoxy) is 1. The van der Waals surface area contributed by atoms with Crippen LogP contribution in [0.15, 0.2) is 46.4 Å². The molecule has 43 heavy (non-hydrogen) atoms. The van der Waals surface area contributed by atoms with Crippen LogP contribution in [-0.2, 0) is 17.5 Å². The zero-order valence-electron chi connectivity index (χ0n) is 21.8. The zero-order chi connectivity index (χ0) is 31.9. The van der Waals surface area contributed by atoms with E-state index in [1.165, 1.54) is 23.0 Å². The quantitative estimate of drug-likeness (QED) is 0.176. The van der Waals surface area contributed by atoms with E-state index in [1.54, 1.807) is 5.10 Å². The summed E-state index contributed by atoms with van der Waals surface area (Å²) in [7, 11) is 0. The second-order valence-corrected chi connectivity index (χ2v) is 8.78. The first-order valence-electron chi connectivity index (χ1n) is 12.2. The smallest absolute Gasteiger partial charge is 0.397 e. The van der Waals surface area contributed by atoms with Crippen molar-refractivity contribution in [3.63, 3.8) is 0 Å². The number of hydrogen-bond donors (Lipinski definition) is 3. The highest BCUT2D eigenvalue weighted by atomic mass is 19.4. The van der Waals surface area contributed by atoms with E-state index in [1.807, 2.05) is 0 Å². The van der Waals surface area contributed by atoms with Gasteiger partial charge in [0.15, 0.2) is 0 Å². The highest BCUT2D eigenvalue weighted by molar-refractivity contribution is 5.83. The molecule has 0 unspecified atom stereocenters. The van der Waals surface area contributed by atoms with Crippen molar-refractivity contribution in [3.05, 3.63) is 74.4 Å². The number of aromatic nitrogens is 5. The third-order valence-corrected chi connectivity index (χ3v) is 5.84. The average Bonchev–Trinajstić information content (AvgIpc) is 2.91. The number of nitrogens with two attached hydrogens (primary N) is 2. The molecule has 0 fully saturated rings. The lowest BCUT2D eigenvalue weighted by molar-refractivity contribution is -0.138. The van der Waals surface area contributed by atoms with Gasteiger partial charge in [-0.3, -0.25) is 14.2 Å². The van der Waals surface area contributed by atoms with Gasteiger partial charge in [0.1, 0.15) is 17.2 Å². The number of rotatable bonds is 9. The largest absolute Gasteiger partial charge is 0.423 e. The Morgan fingerprint density at radius 2 is 1.74 bits per heavy atom. The molecule has 10 nitrogen and oxygen atoms in total. The maximum absolute atomic E-state index is 14.7. The molecule has 3 heterocycles. The molecule has 18 heteroatoms. The standard InChI is InChI=1S/C20H19F5N4O2.C5H4F3N3O/c21-14-8-13-16(9-12(14)15-5-4-11(17(22)23)18(26)28-15)27-10-29(19(13)30)6-2-1-3-7-31-20(24)25;6-5(7,8)3-2(9)1-10-11-4(3)12/h4-5,8-10,17,20H,1-3,6-7H2,(H2,26,28);1H,(H3,9,11,12). The van der Waals surface area contributed by atoms with Crippen LogP contribution in [0.2, 0.25) is 0 Å². The van der Waals surface area contributed by atoms with Crippen LogP contribution < -0.4 is 22.6 Å². The number of aromatic amines is 1. The van der Waals surface area contributed by atoms with Crippen molar-refractivity contribution < 1.29 is 39.9 Å². The number of nitrogen functional groups attached to an aromatic ring is 2. The Labute approximate surface area is 236 Å². The van der Waals surface area contributed by atoms with Crippen LogP contribution in [0.5, 0.6) is 0 Å². The molecule has 5 N–H and O–H groups in total. The molecule has 0 saturated carbocycles. The van der Waals surface area contributed by atoms with Gasteiger partial charge in [-0.2, -0.15) is 27.1 Å². The fourth-order valence-electron chi connectivity index (χ4n) is 3.79. The van der Waals surface area contributed by atoms with Crippen molar-refractivity contribution in [2.75, 3.05) is 18.1 Å². The van der Waals surface area contributed by atoms with Crippen molar-refractivity contribution in [1.29, 1.82) is 0 Å². The number of nitrogens with zero attached hydrogens (tertiary/aromatic N) is 4. The van der Waals surface area contributed by atoms with Gasteiger partial charge in [0.05, 0.1) is 47.0 Å². The van der Waals surface area contributed by atoms with Gasteiger partial charge in [-0.15, -0.1) is 0 Å². The number of benzene rings is 1. The molecule has 0 atom stereocenters. The van der Waals surface area contributed by atoms with Crippen LogP contribution in [0.25, 0.3) is 22.2 Å². The Balaban J connectivity index is 0.000000353. The van der Waals surface area contributed by atoms with Gasteiger partial charge in [0, 0.05) is 12.1 Å². The molecule has 0 aliphatic heterocycles. The van der Waals surface area contributed by atoms with Crippen LogP contribution >= 0.6 is 0 Å². The molecule has 0 bridgehead atoms. The summed E-state index contributed by atoms with van der Waals surface area (Å²) < 4.78 is 106. The average molecular weight is 621 g/mol. The van der Waals surface area contributed by atoms with Crippen LogP contribution in [-0.4, -0.2) is 38.0 Å². The molecule has 1 aromatic carbocycles. The molecule has 0 aliphatic rings. The van der Waals surface area contributed by atoms with E-state index < -0.39 is 58.8 Å². The first-order chi connectivity index (χ1) is 20.2. The van der Waals surface area contributed by atoms with Gasteiger partial charge in [0.25, 0.3) is 17.5 Å². The van der Waals surface area contributed by atoms with E-state index in [0.29, 0.717) is 19.3 Å². The molecule has 4 rings (SSSR count). The number of nitrogens with one attached hydrogen (secondary N) is 1. The van der Waals surface area contributed by atoms with Crippen molar-refractivity contribution >= 4 is 22.4 Å². The summed E-state index contributed by atoms with van der Waals surface area (Å²) in [5.41, 5.74) is 6.34. The number of H-pyrrole nitrogens is 1. The molecular formula is C25H23F8N7O3. The first-order valence-corrected chi connectivity index (χ1v) is 12.2. The summed E-state index contributed by atoms with van der Waals surface area (Å²) in [5, 5.41) is 4.78. The molecule has 0 spiro atoms. The van der Waals surface area contributed by atoms with Gasteiger partial charge in [0.2, 0.25) is 0 Å². The number of alkyl halides is 7. The summed E-state index contributed by atoms with van der Waals surface area (Å²) in [6, 6.07) is 4.62. The lowest BCUT2D eigenvalue weighted by Crippen LogP contribution is -2.24. The number of pyridine rings is 1. The van der Waals surface area contributed by atoms with Gasteiger partial charge in [-0.25, -0.2) is 28.2 Å². The van der Waals surface area contributed by atoms with Crippen LogP contribution in [0.4, 0.5) is 46.6 Å². The van der Waals surface area contributed by atoms with E-state index in [9.17, 15) is 44.7 Å². The van der Waals surface area contributed by atoms with Crippen LogP contribution in [0.1, 0.15) is 36.8 Å². The summed E-state index contributed by atoms with van der Waals surface area (Å²) in [6.45, 7) is -2.60. The monoisotopic (exact) mass is 621 g/mol. The van der Waals surface area contributed by atoms with E-state index in [0.717, 1.165) is 18.3 Å². The minimum atomic E-state index is -4.74. The fraction of sp³-hybridized carbons (Fsp3) is 0.320. The molecule has 0 radical (unpaired) electrons. The highest BCUT2D eigenvalue weighted by Crippen LogP contribution is 2.30. The number of aryl methyl sites for hydroxylation is 1. The molecule has 0 amide bonds. The predicted molar refractivity (Wildman–Crippen MR) is 139 cm³/mol. The topological polar surface area (TPSA) is 155 Å². The second-order valence-electron chi connectivity index (χ2n) is 8.78. The maximum Gasteiger partial charge on any atom is 0.423 e. The Bertz CT molecular complexity index is 1680. The molecule has 232 valence electrons. The Morgan fingerprint density at radius 1 is 1.02 bits per heavy atom. The SMILES string of the molecule is Nc1cn[nH]c(=O)c1C(F)(F)F.Nc1nc(-c2cc3ncn(CCCCCOC(F)F)c(=O)c3cc2F)ccc1C(F)F. The van der Waals surface area contributed by atoms with E-state index >= 15 is 0 Å². The highest BCUT2D eigenvalue weighted by Gasteiger charge is 2.36. The van der Waals surface area contributed by atoms with Gasteiger partial charge >= 0.3 is 12.8 Å². The normalized spacial score (nSPS) is 11.7. The summed E-state index contributed by atoms with van der Waals surface area (Å²) in [5.74, 6) is -1.18. The van der Waals surface area contributed by atoms with Crippen molar-refractivity contribution in [2.45, 2.75) is 45.0 Å². The zero-order valence-corrected chi connectivity index (χ0v) is 21.8. The Kier molecular flexibility index (Phi) is 10.7. The Morgan fingerprint density at radius 3 is 2.33 bits per heavy atom. The third kappa shape index (κ3) is 8.46. The second kappa shape index (κ2) is 14.0. The summed E-state index contributed by atoms with van der Waals surface area (Å²) in [4.78, 5) is 31.2. The van der Waals surface area contributed by atoms with Crippen LogP contribution in [0, 0.1) is 5.82 Å². The predicted octanol–water partition coefficient (Wildman–Crippen LogP) is 4.90. The third-order valence-electron chi connectivity index (χ3n) is 5.84. The van der Waals surface area contributed by atoms with Crippen molar-refractivity contribution in [3.8, 4) is 11.3 Å². The van der Waals surface area contributed by atoms with Crippen LogP contribution in [0.3, 0.4) is 0 Å². The molecule has 0 aliphatic carbocycles. The van der Waals surface area contributed by atoms with E-state index in [-0.39, 0.29) is 35.3 Å². The molecule has 3 aromatic heterocycles. The van der Waals surface area contributed by atoms with Gasteiger partial charge in [-0.1, -0.05) is 0 Å². The van der Waals surface area contributed by atoms with Crippen molar-refractivity contribution in [2.24, 2.45) is 0 Å². The number of hydrogen-bond acceptors (Lipinski definition) is 8. The summed E-state index contributed by atoms with van der Waals surface area (Å²) in [6.07, 6.45) is -3.99. The number of fused-ring (bicyclic) bond motifs is 1. The van der Waals surface area contributed by atoms with Gasteiger partial charge < -0.3 is 16.2 Å². The Hall–Kier alpha value is -4.61. The first kappa shape index (κ1) is 32.9. The number of halogens is 8. The lowest BCUT2D eigenvalue weighted by atomic mass is 10.1. The molecule has 4 aromatic rings.